The molecular weight excluding hydrogens is 355 g/mol. The first-order valence-electron chi connectivity index (χ1n) is 8.95. The number of halogens is 3. The predicted molar refractivity (Wildman–Crippen MR) is 96.2 cm³/mol. The summed E-state index contributed by atoms with van der Waals surface area (Å²) >= 11 is 0. The van der Waals surface area contributed by atoms with E-state index in [1.54, 1.807) is 23.2 Å². The highest BCUT2D eigenvalue weighted by Crippen LogP contribution is 2.65. The number of nitrogens with zero attached hydrogens (tertiary/aromatic N) is 2. The van der Waals surface area contributed by atoms with E-state index >= 15 is 0 Å². The molecular formula is C20H20F3N3O. The number of urea groups is 1. The molecule has 2 aromatic rings. The number of amides is 2. The fourth-order valence-corrected chi connectivity index (χ4v) is 3.83. The van der Waals surface area contributed by atoms with E-state index in [2.05, 4.69) is 10.3 Å². The number of carbonyl (C=O) groups is 1. The first-order valence-corrected chi connectivity index (χ1v) is 8.95. The summed E-state index contributed by atoms with van der Waals surface area (Å²) in [7, 11) is 0. The summed E-state index contributed by atoms with van der Waals surface area (Å²) in [5.41, 5.74) is 2.01. The van der Waals surface area contributed by atoms with Crippen LogP contribution in [-0.4, -0.2) is 34.9 Å². The van der Waals surface area contributed by atoms with E-state index in [0.717, 1.165) is 17.3 Å². The average molecular weight is 375 g/mol. The molecule has 142 valence electrons. The third-order valence-electron chi connectivity index (χ3n) is 5.72. The fraction of sp³-hybridized carbons (Fsp3) is 0.400. The Labute approximate surface area is 155 Å². The van der Waals surface area contributed by atoms with Crippen LogP contribution in [0.1, 0.15) is 24.8 Å². The molecule has 0 bridgehead atoms. The third kappa shape index (κ3) is 3.26. The number of rotatable bonds is 2. The van der Waals surface area contributed by atoms with Crippen molar-refractivity contribution in [1.82, 2.24) is 9.88 Å². The van der Waals surface area contributed by atoms with Gasteiger partial charge in [0.2, 0.25) is 0 Å². The number of likely N-dealkylation sites (tertiary alicyclic amines) is 1. The zero-order chi connectivity index (χ0) is 19.2. The highest BCUT2D eigenvalue weighted by atomic mass is 19.3. The molecule has 0 radical (unpaired) electrons. The van der Waals surface area contributed by atoms with Crippen LogP contribution in [0.25, 0.3) is 11.1 Å². The summed E-state index contributed by atoms with van der Waals surface area (Å²) < 4.78 is 40.4. The Morgan fingerprint density at radius 1 is 1.19 bits per heavy atom. The van der Waals surface area contributed by atoms with Gasteiger partial charge in [-0.15, -0.1) is 0 Å². The summed E-state index contributed by atoms with van der Waals surface area (Å²) in [5, 5.41) is 2.82. The number of piperidine rings is 1. The van der Waals surface area contributed by atoms with Crippen molar-refractivity contribution >= 4 is 11.7 Å². The van der Waals surface area contributed by atoms with Crippen LogP contribution in [0.5, 0.6) is 0 Å². The van der Waals surface area contributed by atoms with Crippen molar-refractivity contribution < 1.29 is 18.0 Å². The minimum atomic E-state index is -2.57. The average Bonchev–Trinajstić information content (AvgIpc) is 3.16. The van der Waals surface area contributed by atoms with Gasteiger partial charge in [0.15, 0.2) is 0 Å². The van der Waals surface area contributed by atoms with Gasteiger partial charge in [0, 0.05) is 42.4 Å². The highest BCUT2D eigenvalue weighted by Gasteiger charge is 2.70. The highest BCUT2D eigenvalue weighted by molar-refractivity contribution is 5.90. The largest absolute Gasteiger partial charge is 0.324 e. The van der Waals surface area contributed by atoms with Crippen LogP contribution in [0.4, 0.5) is 23.7 Å². The molecule has 1 aromatic carbocycles. The van der Waals surface area contributed by atoms with Crippen LogP contribution in [0, 0.1) is 18.2 Å². The Balaban J connectivity index is 1.45. The molecule has 0 unspecified atom stereocenters. The standard InChI is InChI=1S/C20H20F3N3O/c1-13-2-3-16(9-17(13)14-8-15(21)11-24-10-14)25-18(27)26-6-4-19(5-7-26)12-20(19,22)23/h2-3,8-11H,4-7,12H2,1H3,(H,25,27). The Kier molecular flexibility index (Phi) is 4.13. The van der Waals surface area contributed by atoms with E-state index in [1.807, 2.05) is 13.0 Å². The number of aryl methyl sites for hydroxylation is 1. The van der Waals surface area contributed by atoms with Crippen LogP contribution in [-0.2, 0) is 0 Å². The topological polar surface area (TPSA) is 45.2 Å². The summed E-state index contributed by atoms with van der Waals surface area (Å²) in [6.45, 7) is 2.55. The van der Waals surface area contributed by atoms with Crippen molar-refractivity contribution in [3.8, 4) is 11.1 Å². The van der Waals surface area contributed by atoms with Crippen LogP contribution in [0.2, 0.25) is 0 Å². The number of pyridine rings is 1. The van der Waals surface area contributed by atoms with E-state index in [-0.39, 0.29) is 12.5 Å². The first-order chi connectivity index (χ1) is 12.8. The molecule has 1 aliphatic carbocycles. The molecule has 2 aliphatic rings. The van der Waals surface area contributed by atoms with Crippen molar-refractivity contribution in [3.05, 3.63) is 48.0 Å². The van der Waals surface area contributed by atoms with Crippen molar-refractivity contribution in [2.75, 3.05) is 18.4 Å². The number of hydrogen-bond donors (Lipinski definition) is 1. The molecule has 4 nitrogen and oxygen atoms in total. The molecule has 4 rings (SSSR count). The fourth-order valence-electron chi connectivity index (χ4n) is 3.83. The Morgan fingerprint density at radius 2 is 1.89 bits per heavy atom. The smallest absolute Gasteiger partial charge is 0.321 e. The van der Waals surface area contributed by atoms with Gasteiger partial charge in [-0.2, -0.15) is 0 Å². The van der Waals surface area contributed by atoms with Crippen molar-refractivity contribution in [2.45, 2.75) is 32.1 Å². The van der Waals surface area contributed by atoms with Gasteiger partial charge in [-0.25, -0.2) is 18.0 Å². The van der Waals surface area contributed by atoms with Crippen molar-refractivity contribution in [3.63, 3.8) is 0 Å². The molecule has 1 N–H and O–H groups in total. The Morgan fingerprint density at radius 3 is 2.52 bits per heavy atom. The van der Waals surface area contributed by atoms with Crippen LogP contribution < -0.4 is 5.32 Å². The zero-order valence-electron chi connectivity index (χ0n) is 14.9. The second kappa shape index (κ2) is 6.25. The molecule has 27 heavy (non-hydrogen) atoms. The molecule has 2 fully saturated rings. The third-order valence-corrected chi connectivity index (χ3v) is 5.72. The maximum atomic E-state index is 13.5. The number of hydrogen-bond acceptors (Lipinski definition) is 2. The van der Waals surface area contributed by atoms with Gasteiger partial charge in [-0.3, -0.25) is 4.98 Å². The van der Waals surface area contributed by atoms with E-state index in [4.69, 9.17) is 0 Å². The quantitative estimate of drug-likeness (QED) is 0.816. The molecule has 1 spiro atoms. The number of aromatic nitrogens is 1. The summed E-state index contributed by atoms with van der Waals surface area (Å²) in [6.07, 6.45) is 3.31. The maximum absolute atomic E-state index is 13.5. The minimum Gasteiger partial charge on any atom is -0.324 e. The zero-order valence-corrected chi connectivity index (χ0v) is 14.9. The van der Waals surface area contributed by atoms with Gasteiger partial charge < -0.3 is 10.2 Å². The van der Waals surface area contributed by atoms with Gasteiger partial charge in [-0.05, 0) is 49.1 Å². The number of benzene rings is 1. The summed E-state index contributed by atoms with van der Waals surface area (Å²) in [5.74, 6) is -3.00. The SMILES string of the molecule is Cc1ccc(NC(=O)N2CCC3(CC2)CC3(F)F)cc1-c1cncc(F)c1. The Bertz CT molecular complexity index is 892. The minimum absolute atomic E-state index is 0.0571. The summed E-state index contributed by atoms with van der Waals surface area (Å²) in [6, 6.07) is 6.46. The number of nitrogens with one attached hydrogen (secondary N) is 1. The number of alkyl halides is 2. The van der Waals surface area contributed by atoms with Crippen LogP contribution >= 0.6 is 0 Å². The lowest BCUT2D eigenvalue weighted by Crippen LogP contribution is -2.42. The molecule has 2 amide bonds. The lowest BCUT2D eigenvalue weighted by atomic mass is 9.93. The maximum Gasteiger partial charge on any atom is 0.321 e. The number of carbonyl (C=O) groups excluding carboxylic acids is 1. The van der Waals surface area contributed by atoms with E-state index in [9.17, 15) is 18.0 Å². The monoisotopic (exact) mass is 375 g/mol. The Hall–Kier alpha value is -2.57. The molecule has 0 atom stereocenters. The second-order valence-electron chi connectivity index (χ2n) is 7.50. The molecule has 1 saturated carbocycles. The lowest BCUT2D eigenvalue weighted by molar-refractivity contribution is 0.0380. The van der Waals surface area contributed by atoms with E-state index in [0.29, 0.717) is 37.2 Å². The van der Waals surface area contributed by atoms with E-state index in [1.165, 1.54) is 6.07 Å². The van der Waals surface area contributed by atoms with Gasteiger partial charge in [-0.1, -0.05) is 6.07 Å². The predicted octanol–water partition coefficient (Wildman–Crippen LogP) is 4.85. The molecule has 1 saturated heterocycles. The van der Waals surface area contributed by atoms with E-state index < -0.39 is 17.2 Å². The van der Waals surface area contributed by atoms with Gasteiger partial charge in [0.25, 0.3) is 5.92 Å². The molecule has 2 heterocycles. The first kappa shape index (κ1) is 17.8. The second-order valence-corrected chi connectivity index (χ2v) is 7.50. The van der Waals surface area contributed by atoms with Crippen LogP contribution in [0.3, 0.4) is 0 Å². The van der Waals surface area contributed by atoms with Crippen molar-refractivity contribution in [2.24, 2.45) is 5.41 Å². The van der Waals surface area contributed by atoms with Gasteiger partial charge in [0.05, 0.1) is 6.20 Å². The number of anilines is 1. The van der Waals surface area contributed by atoms with Crippen molar-refractivity contribution in [1.29, 1.82) is 0 Å². The molecule has 1 aliphatic heterocycles. The van der Waals surface area contributed by atoms with Gasteiger partial charge >= 0.3 is 6.03 Å². The lowest BCUT2D eigenvalue weighted by Gasteiger charge is -2.32. The summed E-state index contributed by atoms with van der Waals surface area (Å²) in [4.78, 5) is 17.9. The normalized spacial score (nSPS) is 19.8. The van der Waals surface area contributed by atoms with Crippen LogP contribution in [0.15, 0.2) is 36.7 Å². The molecule has 7 heteroatoms. The van der Waals surface area contributed by atoms with Gasteiger partial charge in [0.1, 0.15) is 5.82 Å². The molecule has 1 aromatic heterocycles.